The van der Waals surface area contributed by atoms with E-state index < -0.39 is 0 Å². The summed E-state index contributed by atoms with van der Waals surface area (Å²) in [7, 11) is 0. The molecule has 0 aliphatic rings. The standard InChI is InChI=1S/C15H20N2O/c1-10(2)8-12-4-6-13(7-5-12)15-14(9-16)11(3)18-17-15/h4-7,10H,8-9,16H2,1-3H3. The maximum absolute atomic E-state index is 5.73. The number of nitrogens with zero attached hydrogens (tertiary/aromatic N) is 1. The number of hydrogen-bond donors (Lipinski definition) is 1. The molecule has 0 spiro atoms. The first-order valence-electron chi connectivity index (χ1n) is 6.36. The molecule has 0 atom stereocenters. The van der Waals surface area contributed by atoms with Crippen molar-refractivity contribution in [1.82, 2.24) is 5.16 Å². The van der Waals surface area contributed by atoms with E-state index in [0.29, 0.717) is 12.5 Å². The number of rotatable bonds is 4. The van der Waals surface area contributed by atoms with Gasteiger partial charge in [0.25, 0.3) is 0 Å². The lowest BCUT2D eigenvalue weighted by molar-refractivity contribution is 0.398. The average Bonchev–Trinajstić information content (AvgIpc) is 2.70. The second-order valence-corrected chi connectivity index (χ2v) is 5.06. The fourth-order valence-corrected chi connectivity index (χ4v) is 2.13. The lowest BCUT2D eigenvalue weighted by atomic mass is 10.00. The van der Waals surface area contributed by atoms with Crippen molar-refractivity contribution < 1.29 is 4.52 Å². The van der Waals surface area contributed by atoms with Crippen LogP contribution >= 0.6 is 0 Å². The van der Waals surface area contributed by atoms with Crippen molar-refractivity contribution in [1.29, 1.82) is 0 Å². The third-order valence-corrected chi connectivity index (χ3v) is 3.06. The van der Waals surface area contributed by atoms with Gasteiger partial charge in [-0.05, 0) is 24.8 Å². The monoisotopic (exact) mass is 244 g/mol. The molecule has 2 N–H and O–H groups in total. The fraction of sp³-hybridized carbons (Fsp3) is 0.400. The van der Waals surface area contributed by atoms with Gasteiger partial charge in [0.1, 0.15) is 11.5 Å². The molecule has 1 aromatic carbocycles. The first kappa shape index (κ1) is 12.8. The quantitative estimate of drug-likeness (QED) is 0.897. The molecular formula is C15H20N2O. The summed E-state index contributed by atoms with van der Waals surface area (Å²) < 4.78 is 5.21. The van der Waals surface area contributed by atoms with Crippen molar-refractivity contribution in [2.24, 2.45) is 11.7 Å². The Kier molecular flexibility index (Phi) is 3.82. The van der Waals surface area contributed by atoms with Crippen molar-refractivity contribution in [2.75, 3.05) is 0 Å². The van der Waals surface area contributed by atoms with E-state index in [-0.39, 0.29) is 0 Å². The van der Waals surface area contributed by atoms with Gasteiger partial charge in [-0.15, -0.1) is 0 Å². The zero-order chi connectivity index (χ0) is 13.1. The van der Waals surface area contributed by atoms with E-state index >= 15 is 0 Å². The molecule has 1 heterocycles. The molecule has 0 amide bonds. The third-order valence-electron chi connectivity index (χ3n) is 3.06. The SMILES string of the molecule is Cc1onc(-c2ccc(CC(C)C)cc2)c1CN. The molecule has 0 radical (unpaired) electrons. The number of hydrogen-bond acceptors (Lipinski definition) is 3. The van der Waals surface area contributed by atoms with E-state index in [1.54, 1.807) is 0 Å². The van der Waals surface area contributed by atoms with Crippen LogP contribution in [0.5, 0.6) is 0 Å². The molecule has 0 aliphatic carbocycles. The van der Waals surface area contributed by atoms with Gasteiger partial charge in [0.2, 0.25) is 0 Å². The maximum Gasteiger partial charge on any atom is 0.138 e. The van der Waals surface area contributed by atoms with E-state index in [2.05, 4.69) is 43.3 Å². The Balaban J connectivity index is 2.28. The smallest absolute Gasteiger partial charge is 0.138 e. The van der Waals surface area contributed by atoms with Gasteiger partial charge in [0, 0.05) is 17.7 Å². The zero-order valence-corrected chi connectivity index (χ0v) is 11.2. The summed E-state index contributed by atoms with van der Waals surface area (Å²) in [5.74, 6) is 1.48. The average molecular weight is 244 g/mol. The van der Waals surface area contributed by atoms with Crippen molar-refractivity contribution in [3.05, 3.63) is 41.2 Å². The number of aryl methyl sites for hydroxylation is 1. The molecule has 0 fully saturated rings. The Morgan fingerprint density at radius 2 is 1.89 bits per heavy atom. The van der Waals surface area contributed by atoms with Gasteiger partial charge in [-0.1, -0.05) is 43.3 Å². The molecule has 0 saturated carbocycles. The van der Waals surface area contributed by atoms with Gasteiger partial charge < -0.3 is 10.3 Å². The summed E-state index contributed by atoms with van der Waals surface area (Å²) in [4.78, 5) is 0. The Labute approximate surface area is 108 Å². The van der Waals surface area contributed by atoms with Gasteiger partial charge in [-0.3, -0.25) is 0 Å². The van der Waals surface area contributed by atoms with Crippen LogP contribution in [0, 0.1) is 12.8 Å². The predicted molar refractivity (Wildman–Crippen MR) is 73.1 cm³/mol. The van der Waals surface area contributed by atoms with E-state index in [0.717, 1.165) is 29.0 Å². The van der Waals surface area contributed by atoms with Crippen LogP contribution in [0.15, 0.2) is 28.8 Å². The van der Waals surface area contributed by atoms with Gasteiger partial charge in [0.15, 0.2) is 0 Å². The largest absolute Gasteiger partial charge is 0.361 e. The van der Waals surface area contributed by atoms with Gasteiger partial charge in [-0.2, -0.15) is 0 Å². The fourth-order valence-electron chi connectivity index (χ4n) is 2.13. The summed E-state index contributed by atoms with van der Waals surface area (Å²) in [5.41, 5.74) is 10.0. The molecule has 3 nitrogen and oxygen atoms in total. The molecule has 2 rings (SSSR count). The highest BCUT2D eigenvalue weighted by Gasteiger charge is 2.12. The molecule has 96 valence electrons. The summed E-state index contributed by atoms with van der Waals surface area (Å²) >= 11 is 0. The second kappa shape index (κ2) is 5.36. The van der Waals surface area contributed by atoms with E-state index in [9.17, 15) is 0 Å². The Bertz CT molecular complexity index is 512. The van der Waals surface area contributed by atoms with E-state index in [1.807, 2.05) is 6.92 Å². The van der Waals surface area contributed by atoms with Gasteiger partial charge in [0.05, 0.1) is 0 Å². The molecular weight excluding hydrogens is 224 g/mol. The minimum Gasteiger partial charge on any atom is -0.361 e. The van der Waals surface area contributed by atoms with Crippen LogP contribution in [-0.4, -0.2) is 5.16 Å². The van der Waals surface area contributed by atoms with Crippen LogP contribution in [-0.2, 0) is 13.0 Å². The Morgan fingerprint density at radius 3 is 2.44 bits per heavy atom. The topological polar surface area (TPSA) is 52.0 Å². The summed E-state index contributed by atoms with van der Waals surface area (Å²) in [5, 5.41) is 4.09. The normalized spacial score (nSPS) is 11.2. The van der Waals surface area contributed by atoms with Crippen molar-refractivity contribution in [2.45, 2.75) is 33.7 Å². The molecule has 0 aliphatic heterocycles. The van der Waals surface area contributed by atoms with Crippen molar-refractivity contribution in [3.63, 3.8) is 0 Å². The second-order valence-electron chi connectivity index (χ2n) is 5.06. The van der Waals surface area contributed by atoms with Gasteiger partial charge in [-0.25, -0.2) is 0 Å². The minimum absolute atomic E-state index is 0.457. The number of benzene rings is 1. The zero-order valence-electron chi connectivity index (χ0n) is 11.2. The molecule has 18 heavy (non-hydrogen) atoms. The van der Waals surface area contributed by atoms with E-state index in [4.69, 9.17) is 10.3 Å². The number of nitrogens with two attached hydrogens (primary N) is 1. The van der Waals surface area contributed by atoms with Gasteiger partial charge >= 0.3 is 0 Å². The first-order chi connectivity index (χ1) is 8.61. The van der Waals surface area contributed by atoms with Crippen LogP contribution < -0.4 is 5.73 Å². The number of aromatic nitrogens is 1. The lowest BCUT2D eigenvalue weighted by Gasteiger charge is -2.06. The molecule has 2 aromatic rings. The summed E-state index contributed by atoms with van der Waals surface area (Å²) in [6.07, 6.45) is 1.10. The van der Waals surface area contributed by atoms with Crippen LogP contribution in [0.4, 0.5) is 0 Å². The molecule has 0 saturated heterocycles. The van der Waals surface area contributed by atoms with Crippen molar-refractivity contribution in [3.8, 4) is 11.3 Å². The highest BCUT2D eigenvalue weighted by molar-refractivity contribution is 5.63. The molecule has 3 heteroatoms. The first-order valence-corrected chi connectivity index (χ1v) is 6.36. The maximum atomic E-state index is 5.73. The highest BCUT2D eigenvalue weighted by atomic mass is 16.5. The van der Waals surface area contributed by atoms with Crippen molar-refractivity contribution >= 4 is 0 Å². The van der Waals surface area contributed by atoms with Crippen LogP contribution in [0.3, 0.4) is 0 Å². The van der Waals surface area contributed by atoms with E-state index in [1.165, 1.54) is 5.56 Å². The summed E-state index contributed by atoms with van der Waals surface area (Å²) in [6, 6.07) is 8.49. The minimum atomic E-state index is 0.457. The highest BCUT2D eigenvalue weighted by Crippen LogP contribution is 2.25. The molecule has 1 aromatic heterocycles. The van der Waals surface area contributed by atoms with Crippen LogP contribution in [0.25, 0.3) is 11.3 Å². The Hall–Kier alpha value is -1.61. The molecule has 0 unspecified atom stereocenters. The van der Waals surface area contributed by atoms with Crippen LogP contribution in [0.2, 0.25) is 0 Å². The van der Waals surface area contributed by atoms with Crippen LogP contribution in [0.1, 0.15) is 30.7 Å². The predicted octanol–water partition coefficient (Wildman–Crippen LogP) is 3.31. The lowest BCUT2D eigenvalue weighted by Crippen LogP contribution is -1.99. The molecule has 0 bridgehead atoms. The Morgan fingerprint density at radius 1 is 1.22 bits per heavy atom. The summed E-state index contributed by atoms with van der Waals surface area (Å²) in [6.45, 7) is 6.80. The third kappa shape index (κ3) is 2.62.